The van der Waals surface area contributed by atoms with Crippen LogP contribution >= 0.6 is 0 Å². The molecule has 0 saturated carbocycles. The number of nitrogens with zero attached hydrogens (tertiary/aromatic N) is 1. The lowest BCUT2D eigenvalue weighted by Gasteiger charge is -2.09. The van der Waals surface area contributed by atoms with Crippen LogP contribution in [0.1, 0.15) is 6.42 Å². The van der Waals surface area contributed by atoms with E-state index < -0.39 is 29.3 Å². The normalized spacial score (nSPS) is 31.4. The molecule has 14 heavy (non-hydrogen) atoms. The van der Waals surface area contributed by atoms with Crippen LogP contribution in [0.25, 0.3) is 0 Å². The Morgan fingerprint density at radius 3 is 2.64 bits per heavy atom. The van der Waals surface area contributed by atoms with Gasteiger partial charge in [0.25, 0.3) is 6.04 Å². The van der Waals surface area contributed by atoms with E-state index in [1.807, 2.05) is 0 Å². The summed E-state index contributed by atoms with van der Waals surface area (Å²) in [6.45, 7) is 0. The quantitative estimate of drug-likeness (QED) is 0.353. The highest BCUT2D eigenvalue weighted by Gasteiger charge is 2.48. The van der Waals surface area contributed by atoms with Crippen molar-refractivity contribution >= 4 is 5.97 Å². The monoisotopic (exact) mass is 205 g/mol. The third-order valence-corrected chi connectivity index (χ3v) is 2.05. The molecule has 1 saturated heterocycles. The van der Waals surface area contributed by atoms with Gasteiger partial charge in [-0.15, -0.1) is 0 Å². The van der Waals surface area contributed by atoms with Gasteiger partial charge in [0.1, 0.15) is 0 Å². The van der Waals surface area contributed by atoms with Gasteiger partial charge < -0.3 is 14.2 Å². The Morgan fingerprint density at radius 2 is 2.21 bits per heavy atom. The first-order valence-corrected chi connectivity index (χ1v) is 3.99. The van der Waals surface area contributed by atoms with E-state index in [0.29, 0.717) is 0 Å². The zero-order chi connectivity index (χ0) is 10.7. The van der Waals surface area contributed by atoms with E-state index in [2.05, 4.69) is 4.74 Å². The van der Waals surface area contributed by atoms with E-state index in [1.54, 1.807) is 0 Å². The van der Waals surface area contributed by atoms with E-state index in [1.165, 1.54) is 7.11 Å². The molecule has 0 N–H and O–H groups in total. The Bertz CT molecular complexity index is 242. The summed E-state index contributed by atoms with van der Waals surface area (Å²) in [5.41, 5.74) is 0. The summed E-state index contributed by atoms with van der Waals surface area (Å²) >= 11 is 0. The molecular weight excluding hydrogens is 194 g/mol. The van der Waals surface area contributed by atoms with E-state index >= 15 is 0 Å². The van der Waals surface area contributed by atoms with Gasteiger partial charge in [-0.05, 0) is 0 Å². The van der Waals surface area contributed by atoms with Gasteiger partial charge in [-0.2, -0.15) is 0 Å². The number of hydrogen-bond acceptors (Lipinski definition) is 6. The van der Waals surface area contributed by atoms with Gasteiger partial charge >= 0.3 is 5.97 Å². The highest BCUT2D eigenvalue weighted by molar-refractivity contribution is 5.75. The Balaban J connectivity index is 2.71. The van der Waals surface area contributed by atoms with E-state index in [9.17, 15) is 14.9 Å². The fourth-order valence-electron chi connectivity index (χ4n) is 1.31. The lowest BCUT2D eigenvalue weighted by Crippen LogP contribution is -2.36. The summed E-state index contributed by atoms with van der Waals surface area (Å²) < 4.78 is 14.2. The molecule has 0 bridgehead atoms. The Kier molecular flexibility index (Phi) is 3.37. The number of hydrogen-bond donors (Lipinski definition) is 0. The van der Waals surface area contributed by atoms with Crippen LogP contribution in [0.5, 0.6) is 0 Å². The van der Waals surface area contributed by atoms with Crippen molar-refractivity contribution in [3.63, 3.8) is 0 Å². The van der Waals surface area contributed by atoms with Gasteiger partial charge in [0, 0.05) is 12.0 Å². The van der Waals surface area contributed by atoms with Crippen LogP contribution in [0.3, 0.4) is 0 Å². The molecule has 0 amide bonds. The molecular formula is C7H11NO6. The predicted molar refractivity (Wildman–Crippen MR) is 43.1 cm³/mol. The van der Waals surface area contributed by atoms with Crippen molar-refractivity contribution in [2.24, 2.45) is 0 Å². The van der Waals surface area contributed by atoms with Crippen molar-refractivity contribution in [1.82, 2.24) is 0 Å². The number of carbonyl (C=O) groups is 1. The summed E-state index contributed by atoms with van der Waals surface area (Å²) in [7, 11) is 2.52. The highest BCUT2D eigenvalue weighted by atomic mass is 16.7. The fraction of sp³-hybridized carbons (Fsp3) is 0.857. The minimum absolute atomic E-state index is 0.0588. The van der Waals surface area contributed by atoms with Gasteiger partial charge in [-0.3, -0.25) is 10.1 Å². The molecule has 1 rings (SSSR count). The number of carbonyl (C=O) groups excluding carboxylic acids is 1. The summed E-state index contributed by atoms with van der Waals surface area (Å²) in [5.74, 6) is -0.744. The first-order valence-electron chi connectivity index (χ1n) is 3.99. The Hall–Kier alpha value is -1.21. The zero-order valence-electron chi connectivity index (χ0n) is 7.84. The molecule has 0 aliphatic carbocycles. The molecule has 1 fully saturated rings. The zero-order valence-corrected chi connectivity index (χ0v) is 7.84. The number of ether oxygens (including phenoxy) is 3. The summed E-state index contributed by atoms with van der Waals surface area (Å²) in [5, 5.41) is 10.6. The third-order valence-electron chi connectivity index (χ3n) is 2.05. The molecule has 0 aromatic rings. The van der Waals surface area contributed by atoms with Crippen LogP contribution in [-0.4, -0.2) is 43.5 Å². The molecule has 0 spiro atoms. The molecule has 7 heteroatoms. The standard InChI is InChI=1S/C7H11NO6/c1-12-5-3-4(8(10)11)6(14-5)7(9)13-2/h4-6H,3H2,1-2H3/t4-,5-,6-/m0/s1. The predicted octanol–water partition coefficient (Wildman–Crippen LogP) is -0.434. The maximum Gasteiger partial charge on any atom is 0.342 e. The van der Waals surface area contributed by atoms with E-state index in [-0.39, 0.29) is 6.42 Å². The van der Waals surface area contributed by atoms with Crippen LogP contribution in [0.2, 0.25) is 0 Å². The Labute approximate surface area is 80.1 Å². The van der Waals surface area contributed by atoms with Crippen LogP contribution in [0.15, 0.2) is 0 Å². The minimum atomic E-state index is -1.17. The van der Waals surface area contributed by atoms with Gasteiger partial charge in [0.05, 0.1) is 13.5 Å². The smallest absolute Gasteiger partial charge is 0.342 e. The van der Waals surface area contributed by atoms with Crippen molar-refractivity contribution in [2.45, 2.75) is 24.9 Å². The molecule has 3 atom stereocenters. The maximum absolute atomic E-state index is 11.1. The maximum atomic E-state index is 11.1. The highest BCUT2D eigenvalue weighted by Crippen LogP contribution is 2.23. The first-order chi connectivity index (χ1) is 6.60. The molecule has 1 aliphatic rings. The average Bonchev–Trinajstić information content (AvgIpc) is 2.60. The van der Waals surface area contributed by atoms with Crippen molar-refractivity contribution in [3.05, 3.63) is 10.1 Å². The Morgan fingerprint density at radius 1 is 1.57 bits per heavy atom. The molecule has 0 aromatic heterocycles. The summed E-state index contributed by atoms with van der Waals surface area (Å²) in [6.07, 6.45) is -1.82. The van der Waals surface area contributed by atoms with Crippen molar-refractivity contribution in [1.29, 1.82) is 0 Å². The number of rotatable bonds is 3. The van der Waals surface area contributed by atoms with Gasteiger partial charge in [-0.25, -0.2) is 4.79 Å². The minimum Gasteiger partial charge on any atom is -0.467 e. The van der Waals surface area contributed by atoms with Crippen molar-refractivity contribution in [3.8, 4) is 0 Å². The largest absolute Gasteiger partial charge is 0.467 e. The second-order valence-electron chi connectivity index (χ2n) is 2.83. The van der Waals surface area contributed by atoms with Crippen LogP contribution in [0, 0.1) is 10.1 Å². The first kappa shape index (κ1) is 10.9. The average molecular weight is 205 g/mol. The SMILES string of the molecule is COC(=O)[C@H]1O[C@H](OC)C[C@@H]1[N+](=O)[O-]. The van der Waals surface area contributed by atoms with Crippen LogP contribution in [0.4, 0.5) is 0 Å². The van der Waals surface area contributed by atoms with Crippen LogP contribution < -0.4 is 0 Å². The number of esters is 1. The molecule has 0 radical (unpaired) electrons. The molecule has 0 unspecified atom stereocenters. The second kappa shape index (κ2) is 4.34. The van der Waals surface area contributed by atoms with Crippen molar-refractivity contribution < 1.29 is 23.9 Å². The van der Waals surface area contributed by atoms with Crippen LogP contribution in [-0.2, 0) is 19.0 Å². The molecule has 1 heterocycles. The lowest BCUT2D eigenvalue weighted by molar-refractivity contribution is -0.524. The van der Waals surface area contributed by atoms with E-state index in [4.69, 9.17) is 9.47 Å². The van der Waals surface area contributed by atoms with Gasteiger partial charge in [0.15, 0.2) is 6.29 Å². The lowest BCUT2D eigenvalue weighted by atomic mass is 10.1. The third kappa shape index (κ3) is 1.99. The van der Waals surface area contributed by atoms with Gasteiger partial charge in [0.2, 0.25) is 6.10 Å². The van der Waals surface area contributed by atoms with Crippen molar-refractivity contribution in [2.75, 3.05) is 14.2 Å². The fourth-order valence-corrected chi connectivity index (χ4v) is 1.31. The number of methoxy groups -OCH3 is 2. The second-order valence-corrected chi connectivity index (χ2v) is 2.83. The molecule has 0 aromatic carbocycles. The summed E-state index contributed by atoms with van der Waals surface area (Å²) in [6, 6.07) is -1.09. The van der Waals surface area contributed by atoms with E-state index in [0.717, 1.165) is 7.11 Å². The summed E-state index contributed by atoms with van der Waals surface area (Å²) in [4.78, 5) is 21.1. The topological polar surface area (TPSA) is 87.9 Å². The molecule has 7 nitrogen and oxygen atoms in total. The van der Waals surface area contributed by atoms with Gasteiger partial charge in [-0.1, -0.05) is 0 Å². The molecule has 80 valence electrons. The number of nitro groups is 1. The molecule has 1 aliphatic heterocycles.